The first-order valence-corrected chi connectivity index (χ1v) is 7.66. The van der Waals surface area contributed by atoms with Gasteiger partial charge in [0.2, 0.25) is 0 Å². The number of halogens is 3. The van der Waals surface area contributed by atoms with Crippen LogP contribution in [0, 0.1) is 8.34 Å². The number of hydrogen-bond acceptors (Lipinski definition) is 1. The second-order valence-electron chi connectivity index (χ2n) is 4.02. The molecule has 0 amide bonds. The number of aromatic amines is 1. The smallest absolute Gasteiger partial charge is 0.182 e. The summed E-state index contributed by atoms with van der Waals surface area (Å²) in [6, 6.07) is 11.4. The van der Waals surface area contributed by atoms with Gasteiger partial charge in [0.05, 0.1) is 21.7 Å². The maximum Gasteiger partial charge on any atom is 0.182 e. The zero-order valence-electron chi connectivity index (χ0n) is 9.45. The van der Waals surface area contributed by atoms with Gasteiger partial charge < -0.3 is 4.98 Å². The van der Waals surface area contributed by atoms with E-state index in [2.05, 4.69) is 27.6 Å². The molecule has 0 fully saturated rings. The van der Waals surface area contributed by atoms with Gasteiger partial charge >= 0.3 is 0 Å². The molecule has 1 N–H and O–H groups in total. The van der Waals surface area contributed by atoms with Crippen molar-refractivity contribution in [3.8, 4) is 5.69 Å². The topological polar surface area (TPSA) is 20.7 Å². The maximum absolute atomic E-state index is 6.25. The summed E-state index contributed by atoms with van der Waals surface area (Å²) in [6.07, 6.45) is 0. The quantitative estimate of drug-likeness (QED) is 0.401. The molecule has 0 aliphatic rings. The number of imidazole rings is 1. The van der Waals surface area contributed by atoms with Gasteiger partial charge in [-0.05, 0) is 71.2 Å². The highest BCUT2D eigenvalue weighted by molar-refractivity contribution is 14.1. The van der Waals surface area contributed by atoms with Crippen LogP contribution in [0.1, 0.15) is 0 Å². The molecule has 19 heavy (non-hydrogen) atoms. The van der Waals surface area contributed by atoms with E-state index in [1.54, 1.807) is 12.1 Å². The van der Waals surface area contributed by atoms with E-state index in [1.807, 2.05) is 28.8 Å². The number of nitrogens with zero attached hydrogens (tertiary/aromatic N) is 1. The molecule has 3 aromatic rings. The van der Waals surface area contributed by atoms with E-state index < -0.39 is 0 Å². The predicted molar refractivity (Wildman–Crippen MR) is 91.2 cm³/mol. The largest absolute Gasteiger partial charge is 0.330 e. The van der Waals surface area contributed by atoms with E-state index in [0.717, 1.165) is 20.3 Å². The summed E-state index contributed by atoms with van der Waals surface area (Å²) in [6.45, 7) is 0. The van der Waals surface area contributed by atoms with Crippen LogP contribution in [0.5, 0.6) is 0 Å². The summed E-state index contributed by atoms with van der Waals surface area (Å²) in [5.41, 5.74) is 2.74. The van der Waals surface area contributed by atoms with Crippen molar-refractivity contribution in [3.63, 3.8) is 0 Å². The van der Waals surface area contributed by atoms with Crippen molar-refractivity contribution < 1.29 is 0 Å². The lowest BCUT2D eigenvalue weighted by molar-refractivity contribution is 1.07. The highest BCUT2D eigenvalue weighted by Crippen LogP contribution is 2.28. The van der Waals surface area contributed by atoms with Crippen LogP contribution in [-0.2, 0) is 0 Å². The van der Waals surface area contributed by atoms with Crippen LogP contribution in [-0.4, -0.2) is 9.55 Å². The third-order valence-corrected chi connectivity index (χ3v) is 4.30. The van der Waals surface area contributed by atoms with E-state index in [9.17, 15) is 0 Å². The van der Waals surface area contributed by atoms with Crippen LogP contribution in [0.25, 0.3) is 16.7 Å². The Balaban J connectivity index is 2.39. The van der Waals surface area contributed by atoms with Gasteiger partial charge in [-0.3, -0.25) is 4.57 Å². The summed E-state index contributed by atoms with van der Waals surface area (Å²) in [5.74, 6) is 0. The standard InChI is InChI=1S/C13H7Cl2IN2S/c14-7-1-3-9(15)12(5-7)18-11-4-2-8(16)6-10(11)17-13(18)19/h1-6H,(H,17,19). The van der Waals surface area contributed by atoms with Crippen molar-refractivity contribution in [2.24, 2.45) is 0 Å². The fraction of sp³-hybridized carbons (Fsp3) is 0. The third-order valence-electron chi connectivity index (χ3n) is 2.79. The molecule has 2 nitrogen and oxygen atoms in total. The normalized spacial score (nSPS) is 11.1. The number of rotatable bonds is 1. The minimum absolute atomic E-state index is 0.598. The first kappa shape index (κ1) is 13.4. The van der Waals surface area contributed by atoms with Crippen molar-refractivity contribution in [2.75, 3.05) is 0 Å². The molecule has 96 valence electrons. The van der Waals surface area contributed by atoms with Crippen molar-refractivity contribution in [3.05, 3.63) is 54.8 Å². The Hall–Kier alpha value is -0.560. The van der Waals surface area contributed by atoms with E-state index in [-0.39, 0.29) is 0 Å². The second-order valence-corrected chi connectivity index (χ2v) is 6.50. The first-order chi connectivity index (χ1) is 9.06. The van der Waals surface area contributed by atoms with Gasteiger partial charge in [-0.25, -0.2) is 0 Å². The van der Waals surface area contributed by atoms with E-state index >= 15 is 0 Å². The Morgan fingerprint density at radius 1 is 1.11 bits per heavy atom. The van der Waals surface area contributed by atoms with Gasteiger partial charge in [0, 0.05) is 8.59 Å². The van der Waals surface area contributed by atoms with Crippen LogP contribution in [0.4, 0.5) is 0 Å². The molecule has 0 spiro atoms. The van der Waals surface area contributed by atoms with Crippen LogP contribution < -0.4 is 0 Å². The van der Waals surface area contributed by atoms with Crippen LogP contribution in [0.3, 0.4) is 0 Å². The van der Waals surface area contributed by atoms with E-state index in [1.165, 1.54) is 0 Å². The van der Waals surface area contributed by atoms with Gasteiger partial charge in [0.1, 0.15) is 0 Å². The molecule has 6 heteroatoms. The summed E-state index contributed by atoms with van der Waals surface area (Å²) < 4.78 is 3.64. The lowest BCUT2D eigenvalue weighted by Crippen LogP contribution is -1.95. The number of fused-ring (bicyclic) bond motifs is 1. The van der Waals surface area contributed by atoms with Gasteiger partial charge in [0.25, 0.3) is 0 Å². The minimum Gasteiger partial charge on any atom is -0.330 e. The zero-order valence-corrected chi connectivity index (χ0v) is 13.9. The summed E-state index contributed by atoms with van der Waals surface area (Å²) in [5, 5.41) is 1.24. The fourth-order valence-corrected chi connectivity index (χ4v) is 3.15. The van der Waals surface area contributed by atoms with Crippen molar-refractivity contribution >= 4 is 69.0 Å². The molecule has 0 aliphatic carbocycles. The molecule has 0 atom stereocenters. The van der Waals surface area contributed by atoms with Gasteiger partial charge in [-0.15, -0.1) is 0 Å². The van der Waals surface area contributed by atoms with Crippen LogP contribution in [0.2, 0.25) is 10.0 Å². The molecule has 3 rings (SSSR count). The number of nitrogens with one attached hydrogen (secondary N) is 1. The molecule has 0 unspecified atom stereocenters. The molecule has 1 heterocycles. The summed E-state index contributed by atoms with van der Waals surface area (Å²) in [7, 11) is 0. The molecule has 0 aliphatic heterocycles. The highest BCUT2D eigenvalue weighted by Gasteiger charge is 2.10. The Morgan fingerprint density at radius 3 is 2.68 bits per heavy atom. The third kappa shape index (κ3) is 2.42. The fourth-order valence-electron chi connectivity index (χ4n) is 1.98. The molecular weight excluding hydrogens is 414 g/mol. The maximum atomic E-state index is 6.25. The number of hydrogen-bond donors (Lipinski definition) is 1. The number of H-pyrrole nitrogens is 1. The lowest BCUT2D eigenvalue weighted by Gasteiger charge is -2.07. The molecular formula is C13H7Cl2IN2S. The second kappa shape index (κ2) is 5.09. The minimum atomic E-state index is 0.598. The van der Waals surface area contributed by atoms with Gasteiger partial charge in [-0.2, -0.15) is 0 Å². The number of benzene rings is 2. The predicted octanol–water partition coefficient (Wildman–Crippen LogP) is 5.60. The van der Waals surface area contributed by atoms with Crippen molar-refractivity contribution in [1.29, 1.82) is 0 Å². The van der Waals surface area contributed by atoms with Crippen LogP contribution in [0.15, 0.2) is 36.4 Å². The molecule has 2 aromatic carbocycles. The molecule has 0 saturated heterocycles. The van der Waals surface area contributed by atoms with E-state index in [0.29, 0.717) is 14.8 Å². The SMILES string of the molecule is S=c1[nH]c2cc(I)ccc2n1-c1cc(Cl)ccc1Cl. The summed E-state index contributed by atoms with van der Waals surface area (Å²) in [4.78, 5) is 3.18. The van der Waals surface area contributed by atoms with Gasteiger partial charge in [-0.1, -0.05) is 23.2 Å². The first-order valence-electron chi connectivity index (χ1n) is 5.42. The highest BCUT2D eigenvalue weighted by atomic mass is 127. The van der Waals surface area contributed by atoms with Crippen LogP contribution >= 0.6 is 58.0 Å². The van der Waals surface area contributed by atoms with Gasteiger partial charge in [0.15, 0.2) is 4.77 Å². The van der Waals surface area contributed by atoms with Crippen molar-refractivity contribution in [1.82, 2.24) is 9.55 Å². The van der Waals surface area contributed by atoms with E-state index in [4.69, 9.17) is 35.4 Å². The van der Waals surface area contributed by atoms with Crippen molar-refractivity contribution in [2.45, 2.75) is 0 Å². The lowest BCUT2D eigenvalue weighted by atomic mass is 10.3. The zero-order chi connectivity index (χ0) is 13.6. The average Bonchev–Trinajstić information content (AvgIpc) is 2.67. The molecule has 0 bridgehead atoms. The Bertz CT molecular complexity index is 838. The molecule has 0 radical (unpaired) electrons. The number of aromatic nitrogens is 2. The Kier molecular flexibility index (Phi) is 3.59. The average molecular weight is 421 g/mol. The summed E-state index contributed by atoms with van der Waals surface area (Å²) >= 11 is 19.9. The Labute approximate surface area is 138 Å². The molecule has 0 saturated carbocycles. The Morgan fingerprint density at radius 2 is 1.89 bits per heavy atom. The molecule has 1 aromatic heterocycles. The monoisotopic (exact) mass is 420 g/mol.